The summed E-state index contributed by atoms with van der Waals surface area (Å²) in [6.45, 7) is 4.94. The maximum absolute atomic E-state index is 11.9. The third-order valence-electron chi connectivity index (χ3n) is 7.28. The fourth-order valence-electron chi connectivity index (χ4n) is 5.37. The summed E-state index contributed by atoms with van der Waals surface area (Å²) in [5, 5.41) is 30.2. The van der Waals surface area contributed by atoms with Crippen LogP contribution in [0.3, 0.4) is 0 Å². The van der Waals surface area contributed by atoms with Gasteiger partial charge in [0.25, 0.3) is 0 Å². The number of pyridine rings is 1. The van der Waals surface area contributed by atoms with Gasteiger partial charge in [-0.25, -0.2) is 4.98 Å². The topological polar surface area (TPSA) is 119 Å². The van der Waals surface area contributed by atoms with Gasteiger partial charge in [0.05, 0.1) is 36.7 Å². The molecule has 5 rings (SSSR count). The van der Waals surface area contributed by atoms with Crippen LogP contribution >= 0.6 is 0 Å². The summed E-state index contributed by atoms with van der Waals surface area (Å²) in [6, 6.07) is 3.97. The molecular formula is C23H32N6O3. The maximum Gasteiger partial charge on any atom is 0.143 e. The number of rotatable bonds is 5. The fraction of sp³-hybridized carbons (Fsp3) is 0.609. The van der Waals surface area contributed by atoms with Gasteiger partial charge in [0.1, 0.15) is 17.5 Å². The third-order valence-corrected chi connectivity index (χ3v) is 7.28. The van der Waals surface area contributed by atoms with Crippen molar-refractivity contribution in [1.29, 1.82) is 5.41 Å². The van der Waals surface area contributed by atoms with E-state index in [9.17, 15) is 5.11 Å². The number of morpholine rings is 1. The molecule has 1 saturated carbocycles. The van der Waals surface area contributed by atoms with Gasteiger partial charge in [-0.3, -0.25) is 5.10 Å². The van der Waals surface area contributed by atoms with Gasteiger partial charge in [0, 0.05) is 31.0 Å². The minimum atomic E-state index is -1.03. The van der Waals surface area contributed by atoms with Crippen molar-refractivity contribution >= 4 is 23.7 Å². The Balaban J connectivity index is 1.55. The molecule has 172 valence electrons. The van der Waals surface area contributed by atoms with E-state index < -0.39 is 5.60 Å². The standard InChI is InChI=1S/C23H32N6O3/c1-16-15-31-12-10-29(16)20-13-18(17(14-24)21(27-20)26-19-3-9-25-28-19)23(30)7-5-22(6-8-23)4-2-11-32-22/h3,9,13-14,16,24,30H,2,4-8,10-12,15H2,1H3,(H2,25,26,27,28)/t16-,22?,23?/m1/s1. The first-order valence-corrected chi connectivity index (χ1v) is 11.6. The van der Waals surface area contributed by atoms with E-state index in [-0.39, 0.29) is 11.6 Å². The molecule has 1 aliphatic carbocycles. The van der Waals surface area contributed by atoms with E-state index in [2.05, 4.69) is 27.3 Å². The number of hydrogen-bond acceptors (Lipinski definition) is 8. The molecule has 3 aliphatic rings. The minimum Gasteiger partial charge on any atom is -0.385 e. The molecule has 3 fully saturated rings. The second kappa shape index (κ2) is 8.46. The normalized spacial score (nSPS) is 30.6. The number of H-pyrrole nitrogens is 1. The van der Waals surface area contributed by atoms with Crippen LogP contribution in [0.4, 0.5) is 17.5 Å². The summed E-state index contributed by atoms with van der Waals surface area (Å²) in [7, 11) is 0. The smallest absolute Gasteiger partial charge is 0.143 e. The van der Waals surface area contributed by atoms with Gasteiger partial charge in [-0.1, -0.05) is 0 Å². The second-order valence-corrected chi connectivity index (χ2v) is 9.31. The molecule has 0 amide bonds. The van der Waals surface area contributed by atoms with Crippen molar-refractivity contribution in [3.63, 3.8) is 0 Å². The van der Waals surface area contributed by atoms with Crippen molar-refractivity contribution in [3.05, 3.63) is 29.5 Å². The van der Waals surface area contributed by atoms with Crippen molar-refractivity contribution < 1.29 is 14.6 Å². The molecule has 9 nitrogen and oxygen atoms in total. The van der Waals surface area contributed by atoms with Gasteiger partial charge < -0.3 is 30.2 Å². The van der Waals surface area contributed by atoms with Crippen LogP contribution in [0.5, 0.6) is 0 Å². The first kappa shape index (κ1) is 21.4. The molecule has 2 aromatic heterocycles. The van der Waals surface area contributed by atoms with Gasteiger partial charge >= 0.3 is 0 Å². The monoisotopic (exact) mass is 440 g/mol. The fourth-order valence-corrected chi connectivity index (χ4v) is 5.37. The largest absolute Gasteiger partial charge is 0.385 e. The van der Waals surface area contributed by atoms with Crippen LogP contribution in [0.2, 0.25) is 0 Å². The number of hydrogen-bond donors (Lipinski definition) is 4. The zero-order chi connectivity index (χ0) is 22.2. The van der Waals surface area contributed by atoms with E-state index in [4.69, 9.17) is 19.9 Å². The van der Waals surface area contributed by atoms with Crippen molar-refractivity contribution in [2.45, 2.75) is 62.7 Å². The van der Waals surface area contributed by atoms with Crippen molar-refractivity contribution in [2.24, 2.45) is 0 Å². The SMILES string of the molecule is C[C@@H]1COCCN1c1cc(C2(O)CCC3(CCCO3)CC2)c(C=N)c(Nc2ccn[nH]2)n1. The molecule has 9 heteroatoms. The van der Waals surface area contributed by atoms with Crippen LogP contribution in [0.25, 0.3) is 0 Å². The lowest BCUT2D eigenvalue weighted by molar-refractivity contribution is -0.0941. The Morgan fingerprint density at radius 2 is 2.12 bits per heavy atom. The van der Waals surface area contributed by atoms with E-state index in [1.807, 2.05) is 12.1 Å². The van der Waals surface area contributed by atoms with Crippen molar-refractivity contribution in [1.82, 2.24) is 15.2 Å². The molecule has 4 N–H and O–H groups in total. The van der Waals surface area contributed by atoms with Crippen LogP contribution in [0.1, 0.15) is 56.6 Å². The van der Waals surface area contributed by atoms with E-state index in [0.29, 0.717) is 43.3 Å². The summed E-state index contributed by atoms with van der Waals surface area (Å²) in [5.74, 6) is 2.02. The highest BCUT2D eigenvalue weighted by Crippen LogP contribution is 2.48. The summed E-state index contributed by atoms with van der Waals surface area (Å²) in [6.07, 6.45) is 8.00. The zero-order valence-corrected chi connectivity index (χ0v) is 18.6. The average Bonchev–Trinajstić information content (AvgIpc) is 3.49. The molecule has 32 heavy (non-hydrogen) atoms. The summed E-state index contributed by atoms with van der Waals surface area (Å²) >= 11 is 0. The van der Waals surface area contributed by atoms with Crippen LogP contribution in [0.15, 0.2) is 18.3 Å². The molecule has 2 saturated heterocycles. The van der Waals surface area contributed by atoms with Crippen LogP contribution in [-0.4, -0.2) is 64.5 Å². The molecule has 1 spiro atoms. The minimum absolute atomic E-state index is 0.0807. The second-order valence-electron chi connectivity index (χ2n) is 9.31. The molecule has 0 radical (unpaired) electrons. The molecule has 0 aromatic carbocycles. The number of aliphatic hydroxyl groups is 1. The molecule has 0 unspecified atom stereocenters. The van der Waals surface area contributed by atoms with Crippen LogP contribution in [-0.2, 0) is 15.1 Å². The summed E-state index contributed by atoms with van der Waals surface area (Å²) in [4.78, 5) is 7.09. The van der Waals surface area contributed by atoms with E-state index in [1.165, 1.54) is 6.21 Å². The number of nitrogens with one attached hydrogen (secondary N) is 3. The van der Waals surface area contributed by atoms with E-state index >= 15 is 0 Å². The van der Waals surface area contributed by atoms with Gasteiger partial charge in [-0.05, 0) is 57.1 Å². The van der Waals surface area contributed by atoms with Crippen molar-refractivity contribution in [3.8, 4) is 0 Å². The van der Waals surface area contributed by atoms with E-state index in [1.54, 1.807) is 6.20 Å². The molecule has 0 bridgehead atoms. The predicted octanol–water partition coefficient (Wildman–Crippen LogP) is 3.08. The average molecular weight is 441 g/mol. The number of ether oxygens (including phenoxy) is 2. The van der Waals surface area contributed by atoms with Gasteiger partial charge in [0.2, 0.25) is 0 Å². The Morgan fingerprint density at radius 1 is 1.28 bits per heavy atom. The van der Waals surface area contributed by atoms with Gasteiger partial charge in [0.15, 0.2) is 0 Å². The highest BCUT2D eigenvalue weighted by molar-refractivity contribution is 5.89. The molecule has 1 atom stereocenters. The molecule has 4 heterocycles. The Bertz CT molecular complexity index is 947. The summed E-state index contributed by atoms with van der Waals surface area (Å²) in [5.41, 5.74) is 0.255. The highest BCUT2D eigenvalue weighted by atomic mass is 16.5. The van der Waals surface area contributed by atoms with Gasteiger partial charge in [-0.15, -0.1) is 0 Å². The third kappa shape index (κ3) is 3.89. The van der Waals surface area contributed by atoms with Gasteiger partial charge in [-0.2, -0.15) is 5.10 Å². The number of aromatic nitrogens is 3. The van der Waals surface area contributed by atoms with Crippen LogP contribution < -0.4 is 10.2 Å². The number of aromatic amines is 1. The lowest BCUT2D eigenvalue weighted by Crippen LogP contribution is -2.45. The van der Waals surface area contributed by atoms with E-state index in [0.717, 1.165) is 50.2 Å². The highest BCUT2D eigenvalue weighted by Gasteiger charge is 2.46. The zero-order valence-electron chi connectivity index (χ0n) is 18.6. The summed E-state index contributed by atoms with van der Waals surface area (Å²) < 4.78 is 11.7. The molecular weight excluding hydrogens is 408 g/mol. The lowest BCUT2D eigenvalue weighted by Gasteiger charge is -2.43. The number of nitrogens with zero attached hydrogens (tertiary/aromatic N) is 3. The number of anilines is 3. The Hall–Kier alpha value is -2.49. The predicted molar refractivity (Wildman–Crippen MR) is 122 cm³/mol. The van der Waals surface area contributed by atoms with Crippen LogP contribution in [0, 0.1) is 5.41 Å². The molecule has 2 aliphatic heterocycles. The quantitative estimate of drug-likeness (QED) is 0.528. The Kier molecular flexibility index (Phi) is 5.65. The first-order chi connectivity index (χ1) is 15.5. The Morgan fingerprint density at radius 3 is 2.78 bits per heavy atom. The Labute approximate surface area is 188 Å². The first-order valence-electron chi connectivity index (χ1n) is 11.6. The molecule has 2 aromatic rings. The van der Waals surface area contributed by atoms with Crippen molar-refractivity contribution in [2.75, 3.05) is 36.6 Å². The lowest BCUT2D eigenvalue weighted by atomic mass is 9.71. The maximum atomic E-state index is 11.9.